The van der Waals surface area contributed by atoms with Crippen LogP contribution in [0.15, 0.2) is 0 Å². The molecule has 0 spiro atoms. The van der Waals surface area contributed by atoms with Gasteiger partial charge in [0, 0.05) is 20.4 Å². The topological polar surface area (TPSA) is 63.3 Å². The van der Waals surface area contributed by atoms with Crippen LogP contribution in [0, 0.1) is 0 Å². The third-order valence-corrected chi connectivity index (χ3v) is 0.551. The molecule has 0 fully saturated rings. The molecule has 0 aliphatic rings. The van der Waals surface area contributed by atoms with E-state index < -0.39 is 11.5 Å². The Labute approximate surface area is 61.9 Å². The predicted molar refractivity (Wildman–Crippen MR) is 25.9 cm³/mol. The Bertz CT molecular complexity index is 86.5. The molecule has 0 heterocycles. The maximum atomic E-state index is 9.90. The van der Waals surface area contributed by atoms with Crippen molar-refractivity contribution in [2.75, 3.05) is 0 Å². The van der Waals surface area contributed by atoms with E-state index in [0.29, 0.717) is 0 Å². The summed E-state index contributed by atoms with van der Waals surface area (Å²) in [5.74, 6) is -0.979. The molecule has 49 valence electrons. The molecule has 4 heteroatoms. The summed E-state index contributed by atoms with van der Waals surface area (Å²) < 4.78 is 0. The first-order chi connectivity index (χ1) is 2.94. The van der Waals surface area contributed by atoms with Crippen molar-refractivity contribution in [2.24, 2.45) is 5.73 Å². The van der Waals surface area contributed by atoms with Crippen molar-refractivity contribution in [3.8, 4) is 0 Å². The van der Waals surface area contributed by atoms with Crippen LogP contribution >= 0.6 is 0 Å². The quantitative estimate of drug-likeness (QED) is 0.703. The van der Waals surface area contributed by atoms with Gasteiger partial charge in [-0.2, -0.15) is 0 Å². The van der Waals surface area contributed by atoms with Crippen LogP contribution in [-0.4, -0.2) is 16.6 Å². The van der Waals surface area contributed by atoms with Crippen LogP contribution in [0.3, 0.4) is 0 Å². The zero-order valence-electron chi connectivity index (χ0n) is 4.81. The molecular formula is C4H9NO2Re. The van der Waals surface area contributed by atoms with E-state index in [0.717, 1.165) is 0 Å². The molecule has 0 saturated carbocycles. The number of carboxylic acids is 1. The summed E-state index contributed by atoms with van der Waals surface area (Å²) in [5.41, 5.74) is 4.00. The van der Waals surface area contributed by atoms with Crippen LogP contribution in [-0.2, 0) is 25.2 Å². The Morgan fingerprint density at radius 3 is 1.75 bits per heavy atom. The second-order valence-electron chi connectivity index (χ2n) is 2.03. The van der Waals surface area contributed by atoms with Crippen molar-refractivity contribution in [1.29, 1.82) is 0 Å². The van der Waals surface area contributed by atoms with Crippen molar-refractivity contribution in [3.05, 3.63) is 0 Å². The van der Waals surface area contributed by atoms with E-state index in [1.807, 2.05) is 0 Å². The number of rotatable bonds is 1. The fourth-order valence-corrected chi connectivity index (χ4v) is 0. The van der Waals surface area contributed by atoms with Crippen LogP contribution in [0.2, 0.25) is 0 Å². The second kappa shape index (κ2) is 3.18. The molecule has 0 bridgehead atoms. The van der Waals surface area contributed by atoms with Gasteiger partial charge in [-0.1, -0.05) is 0 Å². The molecule has 0 rings (SSSR count). The summed E-state index contributed by atoms with van der Waals surface area (Å²) in [6, 6.07) is 0. The summed E-state index contributed by atoms with van der Waals surface area (Å²) in [5, 5.41) is 8.12. The predicted octanol–water partition coefficient (Wildman–Crippen LogP) is -0.194. The van der Waals surface area contributed by atoms with E-state index in [1.165, 1.54) is 13.8 Å². The first kappa shape index (κ1) is 11.0. The molecule has 0 aromatic carbocycles. The van der Waals surface area contributed by atoms with Gasteiger partial charge in [-0.15, -0.1) is 0 Å². The molecular weight excluding hydrogens is 280 g/mol. The average molecular weight is 289 g/mol. The molecule has 0 saturated heterocycles. The molecule has 0 aliphatic heterocycles. The molecule has 0 unspecified atom stereocenters. The fraction of sp³-hybridized carbons (Fsp3) is 0.750. The summed E-state index contributed by atoms with van der Waals surface area (Å²) in [4.78, 5) is 9.90. The van der Waals surface area contributed by atoms with Crippen LogP contribution in [0.4, 0.5) is 0 Å². The molecule has 1 radical (unpaired) electrons. The first-order valence-electron chi connectivity index (χ1n) is 1.97. The van der Waals surface area contributed by atoms with Gasteiger partial charge < -0.3 is 10.8 Å². The van der Waals surface area contributed by atoms with Crippen LogP contribution < -0.4 is 5.73 Å². The molecule has 0 aliphatic carbocycles. The van der Waals surface area contributed by atoms with Crippen LogP contribution in [0.1, 0.15) is 13.8 Å². The largest absolute Gasteiger partial charge is 0.480 e. The Kier molecular flexibility index (Phi) is 4.37. The fourth-order valence-electron chi connectivity index (χ4n) is 0. The van der Waals surface area contributed by atoms with Crippen molar-refractivity contribution in [2.45, 2.75) is 19.4 Å². The normalized spacial score (nSPS) is 9.88. The van der Waals surface area contributed by atoms with Crippen LogP contribution in [0.25, 0.3) is 0 Å². The third kappa shape index (κ3) is 4.26. The zero-order valence-corrected chi connectivity index (χ0v) is 7.53. The monoisotopic (exact) mass is 290 g/mol. The van der Waals surface area contributed by atoms with E-state index >= 15 is 0 Å². The number of aliphatic carboxylic acids is 1. The summed E-state index contributed by atoms with van der Waals surface area (Å²) in [7, 11) is 0. The Morgan fingerprint density at radius 2 is 1.75 bits per heavy atom. The van der Waals surface area contributed by atoms with Gasteiger partial charge in [-0.05, 0) is 13.8 Å². The van der Waals surface area contributed by atoms with Gasteiger partial charge in [0.05, 0.1) is 0 Å². The van der Waals surface area contributed by atoms with Gasteiger partial charge in [0.2, 0.25) is 0 Å². The Morgan fingerprint density at radius 1 is 1.62 bits per heavy atom. The van der Waals surface area contributed by atoms with E-state index in [2.05, 4.69) is 0 Å². The van der Waals surface area contributed by atoms with E-state index in [4.69, 9.17) is 10.8 Å². The molecule has 8 heavy (non-hydrogen) atoms. The third-order valence-electron chi connectivity index (χ3n) is 0.551. The number of nitrogens with two attached hydrogens (primary N) is 1. The zero-order chi connectivity index (χ0) is 6.08. The molecule has 0 aromatic heterocycles. The SMILES string of the molecule is CC(C)(N)C(=O)O.[Re]. The minimum atomic E-state index is -1.08. The molecule has 3 N–H and O–H groups in total. The molecule has 0 atom stereocenters. The van der Waals surface area contributed by atoms with E-state index in [1.54, 1.807) is 0 Å². The van der Waals surface area contributed by atoms with Gasteiger partial charge in [0.25, 0.3) is 0 Å². The minimum absolute atomic E-state index is 0. The maximum absolute atomic E-state index is 9.90. The Hall–Kier alpha value is 0.0923. The Balaban J connectivity index is 0. The van der Waals surface area contributed by atoms with Gasteiger partial charge in [0.1, 0.15) is 5.54 Å². The summed E-state index contributed by atoms with van der Waals surface area (Å²) >= 11 is 0. The van der Waals surface area contributed by atoms with E-state index in [-0.39, 0.29) is 20.4 Å². The van der Waals surface area contributed by atoms with Gasteiger partial charge >= 0.3 is 5.97 Å². The van der Waals surface area contributed by atoms with Crippen molar-refractivity contribution in [1.82, 2.24) is 0 Å². The number of carbonyl (C=O) groups is 1. The summed E-state index contributed by atoms with van der Waals surface area (Å²) in [6.45, 7) is 2.88. The van der Waals surface area contributed by atoms with E-state index in [9.17, 15) is 4.79 Å². The second-order valence-corrected chi connectivity index (χ2v) is 2.03. The average Bonchev–Trinajstić information content (AvgIpc) is 1.31. The van der Waals surface area contributed by atoms with Gasteiger partial charge in [0.15, 0.2) is 0 Å². The summed E-state index contributed by atoms with van der Waals surface area (Å²) in [6.07, 6.45) is 0. The number of carboxylic acid groups (broad SMARTS) is 1. The standard InChI is InChI=1S/C4H9NO2.Re/c1-4(2,5)3(6)7;/h5H2,1-2H3,(H,6,7);. The molecule has 0 amide bonds. The maximum Gasteiger partial charge on any atom is 0.323 e. The van der Waals surface area contributed by atoms with Crippen molar-refractivity contribution in [3.63, 3.8) is 0 Å². The van der Waals surface area contributed by atoms with Gasteiger partial charge in [-0.3, -0.25) is 4.79 Å². The molecule has 0 aromatic rings. The van der Waals surface area contributed by atoms with Crippen molar-refractivity contribution < 1.29 is 30.3 Å². The number of hydrogen-bond donors (Lipinski definition) is 2. The van der Waals surface area contributed by atoms with Crippen LogP contribution in [0.5, 0.6) is 0 Å². The first-order valence-corrected chi connectivity index (χ1v) is 1.97. The smallest absolute Gasteiger partial charge is 0.323 e. The van der Waals surface area contributed by atoms with Gasteiger partial charge in [-0.25, -0.2) is 0 Å². The minimum Gasteiger partial charge on any atom is -0.480 e. The molecule has 3 nitrogen and oxygen atoms in total. The van der Waals surface area contributed by atoms with Crippen molar-refractivity contribution >= 4 is 5.97 Å². The number of hydrogen-bond acceptors (Lipinski definition) is 2.